The van der Waals surface area contributed by atoms with Crippen LogP contribution in [0.15, 0.2) is 0 Å². The zero-order chi connectivity index (χ0) is 13.4. The lowest BCUT2D eigenvalue weighted by Gasteiger charge is -2.11. The van der Waals surface area contributed by atoms with E-state index in [-0.39, 0.29) is 17.6 Å². The second kappa shape index (κ2) is 8.28. The third-order valence-corrected chi connectivity index (χ3v) is 3.63. The van der Waals surface area contributed by atoms with Gasteiger partial charge in [0, 0.05) is 13.0 Å². The van der Waals surface area contributed by atoms with Crippen LogP contribution >= 0.6 is 0 Å². The first-order chi connectivity index (χ1) is 8.61. The largest absolute Gasteiger partial charge is 0.355 e. The zero-order valence-electron chi connectivity index (χ0n) is 11.8. The third-order valence-electron chi connectivity index (χ3n) is 3.63. The molecule has 1 N–H and O–H groups in total. The molecular formula is C15H27NO2. The third kappa shape index (κ3) is 5.65. The maximum absolute atomic E-state index is 12.0. The second-order valence-corrected chi connectivity index (χ2v) is 5.80. The molecule has 1 rings (SSSR count). The van der Waals surface area contributed by atoms with Crippen molar-refractivity contribution in [2.24, 2.45) is 11.8 Å². The van der Waals surface area contributed by atoms with E-state index in [1.807, 2.05) is 0 Å². The normalized spacial score (nSPS) is 20.6. The number of unbranched alkanes of at least 4 members (excludes halogenated alkanes) is 2. The summed E-state index contributed by atoms with van der Waals surface area (Å²) >= 11 is 0. The minimum Gasteiger partial charge on any atom is -0.355 e. The Labute approximate surface area is 111 Å². The maximum Gasteiger partial charge on any atom is 0.230 e. The predicted octanol–water partition coefficient (Wildman–Crippen LogP) is 3.08. The lowest BCUT2D eigenvalue weighted by Crippen LogP contribution is -2.33. The molecule has 1 heterocycles. The minimum absolute atomic E-state index is 0.0420. The van der Waals surface area contributed by atoms with Crippen LogP contribution in [0.4, 0.5) is 0 Å². The average molecular weight is 253 g/mol. The van der Waals surface area contributed by atoms with E-state index in [1.165, 1.54) is 12.8 Å². The van der Waals surface area contributed by atoms with Crippen LogP contribution in [-0.2, 0) is 9.59 Å². The smallest absolute Gasteiger partial charge is 0.230 e. The Morgan fingerprint density at radius 1 is 1.28 bits per heavy atom. The van der Waals surface area contributed by atoms with E-state index in [1.54, 1.807) is 0 Å². The molecule has 0 bridgehead atoms. The van der Waals surface area contributed by atoms with Crippen LogP contribution < -0.4 is 5.32 Å². The van der Waals surface area contributed by atoms with Crippen LogP contribution in [0.2, 0.25) is 0 Å². The SMILES string of the molecule is CC(C)CCCCCC(=O)C1CCCCNC1=O. The van der Waals surface area contributed by atoms with E-state index in [4.69, 9.17) is 0 Å². The minimum atomic E-state index is -0.363. The molecule has 3 heteroatoms. The number of hydrogen-bond donors (Lipinski definition) is 1. The molecule has 0 aromatic heterocycles. The number of carbonyl (C=O) groups excluding carboxylic acids is 2. The van der Waals surface area contributed by atoms with Crippen LogP contribution in [0.3, 0.4) is 0 Å². The van der Waals surface area contributed by atoms with Crippen molar-refractivity contribution in [3.05, 3.63) is 0 Å². The lowest BCUT2D eigenvalue weighted by molar-refractivity contribution is -0.133. The fraction of sp³-hybridized carbons (Fsp3) is 0.867. The molecule has 104 valence electrons. The molecule has 1 atom stereocenters. The molecule has 1 unspecified atom stereocenters. The van der Waals surface area contributed by atoms with E-state index in [9.17, 15) is 9.59 Å². The summed E-state index contributed by atoms with van der Waals surface area (Å²) in [4.78, 5) is 23.7. The first kappa shape index (κ1) is 15.2. The summed E-state index contributed by atoms with van der Waals surface area (Å²) in [6.45, 7) is 5.18. The Hall–Kier alpha value is -0.860. The molecule has 0 aromatic carbocycles. The molecule has 0 aliphatic carbocycles. The second-order valence-electron chi connectivity index (χ2n) is 5.80. The standard InChI is InChI=1S/C15H27NO2/c1-12(2)8-4-3-5-10-14(17)13-9-6-7-11-16-15(13)18/h12-13H,3-11H2,1-2H3,(H,16,18). The Balaban J connectivity index is 2.20. The molecule has 1 amide bonds. The number of hydrogen-bond acceptors (Lipinski definition) is 2. The summed E-state index contributed by atoms with van der Waals surface area (Å²) in [6, 6.07) is 0. The van der Waals surface area contributed by atoms with Crippen molar-refractivity contribution in [3.63, 3.8) is 0 Å². The Bertz CT molecular complexity index is 274. The van der Waals surface area contributed by atoms with Gasteiger partial charge >= 0.3 is 0 Å². The summed E-state index contributed by atoms with van der Waals surface area (Å²) < 4.78 is 0. The van der Waals surface area contributed by atoms with Gasteiger partial charge in [-0.15, -0.1) is 0 Å². The van der Waals surface area contributed by atoms with E-state index in [2.05, 4.69) is 19.2 Å². The molecule has 1 aliphatic rings. The number of ketones is 1. The van der Waals surface area contributed by atoms with E-state index < -0.39 is 0 Å². The van der Waals surface area contributed by atoms with Crippen LogP contribution in [0, 0.1) is 11.8 Å². The predicted molar refractivity (Wildman–Crippen MR) is 73.3 cm³/mol. The molecular weight excluding hydrogens is 226 g/mol. The van der Waals surface area contributed by atoms with Gasteiger partial charge in [-0.05, 0) is 25.2 Å². The highest BCUT2D eigenvalue weighted by Crippen LogP contribution is 2.17. The van der Waals surface area contributed by atoms with Crippen LogP contribution in [0.25, 0.3) is 0 Å². The van der Waals surface area contributed by atoms with Gasteiger partial charge in [-0.1, -0.05) is 39.5 Å². The van der Waals surface area contributed by atoms with Gasteiger partial charge in [0.05, 0.1) is 5.92 Å². The van der Waals surface area contributed by atoms with E-state index >= 15 is 0 Å². The molecule has 0 saturated carbocycles. The first-order valence-electron chi connectivity index (χ1n) is 7.41. The van der Waals surface area contributed by atoms with Gasteiger partial charge in [0.25, 0.3) is 0 Å². The van der Waals surface area contributed by atoms with Crippen molar-refractivity contribution < 1.29 is 9.59 Å². The Morgan fingerprint density at radius 2 is 2.06 bits per heavy atom. The van der Waals surface area contributed by atoms with Crippen molar-refractivity contribution in [2.45, 2.75) is 65.2 Å². The highest BCUT2D eigenvalue weighted by molar-refractivity contribution is 6.01. The van der Waals surface area contributed by atoms with Gasteiger partial charge in [-0.3, -0.25) is 9.59 Å². The molecule has 3 nitrogen and oxygen atoms in total. The molecule has 0 aromatic rings. The Kier molecular flexibility index (Phi) is 6.99. The summed E-state index contributed by atoms with van der Waals surface area (Å²) in [5.41, 5.74) is 0. The molecule has 1 fully saturated rings. The molecule has 1 aliphatic heterocycles. The van der Waals surface area contributed by atoms with Crippen LogP contribution in [0.5, 0.6) is 0 Å². The summed E-state index contributed by atoms with van der Waals surface area (Å²) in [6.07, 6.45) is 7.80. The fourth-order valence-electron chi connectivity index (χ4n) is 2.45. The van der Waals surface area contributed by atoms with Gasteiger partial charge in [-0.2, -0.15) is 0 Å². The fourth-order valence-corrected chi connectivity index (χ4v) is 2.45. The highest BCUT2D eigenvalue weighted by atomic mass is 16.2. The van der Waals surface area contributed by atoms with Crippen molar-refractivity contribution in [3.8, 4) is 0 Å². The van der Waals surface area contributed by atoms with Gasteiger partial charge in [0.15, 0.2) is 0 Å². The number of carbonyl (C=O) groups is 2. The van der Waals surface area contributed by atoms with Crippen molar-refractivity contribution in [1.29, 1.82) is 0 Å². The Morgan fingerprint density at radius 3 is 2.78 bits per heavy atom. The van der Waals surface area contributed by atoms with Crippen LogP contribution in [0.1, 0.15) is 65.2 Å². The van der Waals surface area contributed by atoms with Gasteiger partial charge in [0.2, 0.25) is 5.91 Å². The van der Waals surface area contributed by atoms with E-state index in [0.29, 0.717) is 6.42 Å². The average Bonchev–Trinajstić information content (AvgIpc) is 2.53. The van der Waals surface area contributed by atoms with Gasteiger partial charge < -0.3 is 5.32 Å². The highest BCUT2D eigenvalue weighted by Gasteiger charge is 2.26. The maximum atomic E-state index is 12.0. The van der Waals surface area contributed by atoms with Crippen molar-refractivity contribution >= 4 is 11.7 Å². The molecule has 1 saturated heterocycles. The summed E-state index contributed by atoms with van der Waals surface area (Å²) in [7, 11) is 0. The summed E-state index contributed by atoms with van der Waals surface area (Å²) in [5, 5.41) is 2.83. The number of rotatable bonds is 7. The molecule has 0 radical (unpaired) electrons. The number of nitrogens with one attached hydrogen (secondary N) is 1. The zero-order valence-corrected chi connectivity index (χ0v) is 11.8. The monoisotopic (exact) mass is 253 g/mol. The van der Waals surface area contributed by atoms with Gasteiger partial charge in [0.1, 0.15) is 5.78 Å². The topological polar surface area (TPSA) is 46.2 Å². The van der Waals surface area contributed by atoms with Crippen molar-refractivity contribution in [2.75, 3.05) is 6.54 Å². The van der Waals surface area contributed by atoms with Crippen molar-refractivity contribution in [1.82, 2.24) is 5.32 Å². The molecule has 0 spiro atoms. The van der Waals surface area contributed by atoms with Crippen LogP contribution in [-0.4, -0.2) is 18.2 Å². The molecule has 18 heavy (non-hydrogen) atoms. The quantitative estimate of drug-likeness (QED) is 0.560. The summed E-state index contributed by atoms with van der Waals surface area (Å²) in [5.74, 6) is 0.490. The van der Waals surface area contributed by atoms with Gasteiger partial charge in [-0.25, -0.2) is 0 Å². The number of amides is 1. The number of Topliss-reactive ketones (excluding diaryl/α,β-unsaturated/α-hetero) is 1. The lowest BCUT2D eigenvalue weighted by atomic mass is 9.93. The first-order valence-corrected chi connectivity index (χ1v) is 7.41. The van der Waals surface area contributed by atoms with E-state index in [0.717, 1.165) is 44.6 Å².